The smallest absolute Gasteiger partial charge is 0.219 e. The number of para-hydroxylation sites is 1. The van der Waals surface area contributed by atoms with Gasteiger partial charge in [0.2, 0.25) is 5.88 Å². The van der Waals surface area contributed by atoms with E-state index in [4.69, 9.17) is 14.7 Å². The fraction of sp³-hybridized carbons (Fsp3) is 0.257. The van der Waals surface area contributed by atoms with Gasteiger partial charge in [0.25, 0.3) is 0 Å². The Morgan fingerprint density at radius 3 is 2.42 bits per heavy atom. The van der Waals surface area contributed by atoms with Crippen molar-refractivity contribution in [2.24, 2.45) is 0 Å². The maximum Gasteiger partial charge on any atom is 0.219 e. The fourth-order valence-electron chi connectivity index (χ4n) is 6.35. The monoisotopic (exact) mass is 527 g/mol. The number of hydrogen-bond acceptors (Lipinski definition) is 4. The molecule has 200 valence electrons. The number of phenolic OH excluding ortho intramolecular Hbond substituents is 1. The zero-order valence-electron chi connectivity index (χ0n) is 23.2. The molecule has 40 heavy (non-hydrogen) atoms. The molecular formula is C35H33N3O2. The SMILES string of the molecule is CC(C)(C)c1ccc(O)c2nc(Oc3ccc4c5ccccc5n(-c5cc(C6CCCC6)ccn5)c4c3)ccc12. The first-order valence-corrected chi connectivity index (χ1v) is 14.2. The second-order valence-corrected chi connectivity index (χ2v) is 12.0. The van der Waals surface area contributed by atoms with Gasteiger partial charge in [0.1, 0.15) is 22.8 Å². The molecule has 7 rings (SSSR count). The Bertz CT molecular complexity index is 1890. The minimum atomic E-state index is -0.0719. The number of nitrogens with zero attached hydrogens (tertiary/aromatic N) is 3. The van der Waals surface area contributed by atoms with Crippen molar-refractivity contribution in [3.05, 3.63) is 96.2 Å². The van der Waals surface area contributed by atoms with Crippen molar-refractivity contribution in [1.82, 2.24) is 14.5 Å². The molecule has 0 aliphatic heterocycles. The van der Waals surface area contributed by atoms with Gasteiger partial charge in [0.15, 0.2) is 0 Å². The van der Waals surface area contributed by atoms with Gasteiger partial charge in [-0.15, -0.1) is 0 Å². The lowest BCUT2D eigenvalue weighted by molar-refractivity contribution is 0.460. The number of rotatable bonds is 4. The van der Waals surface area contributed by atoms with E-state index in [0.29, 0.717) is 23.1 Å². The lowest BCUT2D eigenvalue weighted by Gasteiger charge is -2.21. The van der Waals surface area contributed by atoms with Crippen LogP contribution in [-0.4, -0.2) is 19.6 Å². The first-order valence-electron chi connectivity index (χ1n) is 14.2. The summed E-state index contributed by atoms with van der Waals surface area (Å²) in [5.41, 5.74) is 5.14. The van der Waals surface area contributed by atoms with Crippen molar-refractivity contribution in [3.63, 3.8) is 0 Å². The summed E-state index contributed by atoms with van der Waals surface area (Å²) >= 11 is 0. The molecule has 0 saturated heterocycles. The highest BCUT2D eigenvalue weighted by Crippen LogP contribution is 2.39. The minimum Gasteiger partial charge on any atom is -0.506 e. The summed E-state index contributed by atoms with van der Waals surface area (Å²) in [6, 6.07) is 26.6. The van der Waals surface area contributed by atoms with E-state index >= 15 is 0 Å². The van der Waals surface area contributed by atoms with Crippen LogP contribution in [0.1, 0.15) is 63.5 Å². The van der Waals surface area contributed by atoms with Gasteiger partial charge in [0.05, 0.1) is 11.0 Å². The Balaban J connectivity index is 1.33. The zero-order chi connectivity index (χ0) is 27.4. The summed E-state index contributed by atoms with van der Waals surface area (Å²) in [5.74, 6) is 2.82. The van der Waals surface area contributed by atoms with Crippen LogP contribution in [0.3, 0.4) is 0 Å². The molecule has 0 atom stereocenters. The average Bonchev–Trinajstić information content (AvgIpc) is 3.60. The van der Waals surface area contributed by atoms with Crippen LogP contribution in [0.4, 0.5) is 0 Å². The molecule has 5 heteroatoms. The molecule has 0 unspecified atom stereocenters. The third kappa shape index (κ3) is 4.17. The summed E-state index contributed by atoms with van der Waals surface area (Å²) in [7, 11) is 0. The Morgan fingerprint density at radius 1 is 0.825 bits per heavy atom. The van der Waals surface area contributed by atoms with Crippen molar-refractivity contribution >= 4 is 32.7 Å². The van der Waals surface area contributed by atoms with Crippen molar-refractivity contribution in [2.75, 3.05) is 0 Å². The fourth-order valence-corrected chi connectivity index (χ4v) is 6.35. The average molecular weight is 528 g/mol. The number of benzene rings is 3. The molecule has 0 radical (unpaired) electrons. The second kappa shape index (κ2) is 9.37. The van der Waals surface area contributed by atoms with Crippen LogP contribution in [0.15, 0.2) is 85.1 Å². The van der Waals surface area contributed by atoms with Crippen LogP contribution in [0.25, 0.3) is 38.5 Å². The largest absolute Gasteiger partial charge is 0.506 e. The van der Waals surface area contributed by atoms with Crippen LogP contribution < -0.4 is 4.74 Å². The molecule has 3 aromatic heterocycles. The molecule has 1 saturated carbocycles. The number of pyridine rings is 2. The molecule has 1 fully saturated rings. The topological polar surface area (TPSA) is 60.2 Å². The van der Waals surface area contributed by atoms with E-state index in [0.717, 1.165) is 33.2 Å². The molecule has 0 spiro atoms. The summed E-state index contributed by atoms with van der Waals surface area (Å²) in [4.78, 5) is 9.53. The predicted octanol–water partition coefficient (Wildman–Crippen LogP) is 9.18. The number of hydrogen-bond donors (Lipinski definition) is 1. The number of aromatic nitrogens is 3. The van der Waals surface area contributed by atoms with Crippen molar-refractivity contribution in [1.29, 1.82) is 0 Å². The summed E-state index contributed by atoms with van der Waals surface area (Å²) in [6.07, 6.45) is 7.05. The van der Waals surface area contributed by atoms with Gasteiger partial charge in [-0.2, -0.15) is 0 Å². The molecule has 0 amide bonds. The summed E-state index contributed by atoms with van der Waals surface area (Å²) < 4.78 is 8.55. The van der Waals surface area contributed by atoms with Crippen molar-refractivity contribution in [3.8, 4) is 23.2 Å². The molecule has 3 aromatic carbocycles. The number of aromatic hydroxyl groups is 1. The van der Waals surface area contributed by atoms with Crippen LogP contribution >= 0.6 is 0 Å². The number of phenols is 1. The van der Waals surface area contributed by atoms with Crippen molar-refractivity contribution in [2.45, 2.75) is 57.8 Å². The summed E-state index contributed by atoms with van der Waals surface area (Å²) in [6.45, 7) is 6.49. The highest BCUT2D eigenvalue weighted by molar-refractivity contribution is 6.09. The normalized spacial score (nSPS) is 14.5. The van der Waals surface area contributed by atoms with E-state index in [1.54, 1.807) is 6.07 Å². The van der Waals surface area contributed by atoms with Gasteiger partial charge in [-0.25, -0.2) is 9.97 Å². The van der Waals surface area contributed by atoms with E-state index in [2.05, 4.69) is 73.9 Å². The molecule has 3 heterocycles. The van der Waals surface area contributed by atoms with Gasteiger partial charge in [0, 0.05) is 34.5 Å². The van der Waals surface area contributed by atoms with Crippen LogP contribution in [-0.2, 0) is 5.41 Å². The first kappa shape index (κ1) is 24.6. The summed E-state index contributed by atoms with van der Waals surface area (Å²) in [5, 5.41) is 13.9. The minimum absolute atomic E-state index is 0.0719. The Hall–Kier alpha value is -4.38. The third-order valence-electron chi connectivity index (χ3n) is 8.31. The quantitative estimate of drug-likeness (QED) is 0.248. The standard InChI is InChI=1S/C35H33N3O2/c1-35(2,3)28-15-16-31(39)34-27(28)14-17-33(37-34)40-24-12-13-26-25-10-6-7-11-29(25)38(30(26)21-24)32-20-23(18-19-36-32)22-8-4-5-9-22/h6-7,10-22,39H,4-5,8-9H2,1-3H3. The number of fused-ring (bicyclic) bond motifs is 4. The van der Waals surface area contributed by atoms with Gasteiger partial charge in [-0.05, 0) is 77.8 Å². The zero-order valence-corrected chi connectivity index (χ0v) is 23.2. The maximum atomic E-state index is 10.6. The molecule has 5 nitrogen and oxygen atoms in total. The Morgan fingerprint density at radius 2 is 1.60 bits per heavy atom. The van der Waals surface area contributed by atoms with Gasteiger partial charge in [-0.1, -0.05) is 57.9 Å². The van der Waals surface area contributed by atoms with E-state index in [1.807, 2.05) is 30.5 Å². The molecule has 0 bridgehead atoms. The lowest BCUT2D eigenvalue weighted by atomic mass is 9.84. The lowest BCUT2D eigenvalue weighted by Crippen LogP contribution is -2.11. The van der Waals surface area contributed by atoms with E-state index in [1.165, 1.54) is 36.6 Å². The molecular weight excluding hydrogens is 494 g/mol. The van der Waals surface area contributed by atoms with Gasteiger partial charge >= 0.3 is 0 Å². The highest BCUT2D eigenvalue weighted by Gasteiger charge is 2.21. The highest BCUT2D eigenvalue weighted by atomic mass is 16.5. The predicted molar refractivity (Wildman–Crippen MR) is 162 cm³/mol. The maximum absolute atomic E-state index is 10.6. The van der Waals surface area contributed by atoms with Gasteiger partial charge < -0.3 is 9.84 Å². The van der Waals surface area contributed by atoms with Gasteiger partial charge in [-0.3, -0.25) is 4.57 Å². The third-order valence-corrected chi connectivity index (χ3v) is 8.31. The molecule has 1 N–H and O–H groups in total. The molecule has 6 aromatic rings. The second-order valence-electron chi connectivity index (χ2n) is 12.0. The Labute approximate surface area is 234 Å². The first-order chi connectivity index (χ1) is 19.4. The molecule has 1 aliphatic rings. The van der Waals surface area contributed by atoms with E-state index in [9.17, 15) is 5.11 Å². The van der Waals surface area contributed by atoms with Crippen LogP contribution in [0.5, 0.6) is 17.4 Å². The Kier molecular flexibility index (Phi) is 5.77. The molecule has 1 aliphatic carbocycles. The number of ether oxygens (including phenoxy) is 1. The van der Waals surface area contributed by atoms with E-state index < -0.39 is 0 Å². The van der Waals surface area contributed by atoms with Crippen molar-refractivity contribution < 1.29 is 9.84 Å². The van der Waals surface area contributed by atoms with Crippen LogP contribution in [0.2, 0.25) is 0 Å². The van der Waals surface area contributed by atoms with Crippen LogP contribution in [0, 0.1) is 0 Å². The van der Waals surface area contributed by atoms with E-state index in [-0.39, 0.29) is 11.2 Å².